The number of carbonyl (C=O) groups is 1. The molecule has 142 valence electrons. The van der Waals surface area contributed by atoms with Crippen LogP contribution >= 0.6 is 0 Å². The normalized spacial score (nSPS) is 22.2. The van der Waals surface area contributed by atoms with E-state index in [1.165, 1.54) is 5.57 Å². The fourth-order valence-electron chi connectivity index (χ4n) is 3.34. The van der Waals surface area contributed by atoms with Gasteiger partial charge in [0, 0.05) is 26.4 Å². The number of ether oxygens (including phenoxy) is 3. The second-order valence-corrected chi connectivity index (χ2v) is 8.16. The van der Waals surface area contributed by atoms with E-state index in [1.54, 1.807) is 4.90 Å². The van der Waals surface area contributed by atoms with Crippen molar-refractivity contribution in [1.29, 1.82) is 0 Å². The average molecular weight is 359 g/mol. The van der Waals surface area contributed by atoms with E-state index in [2.05, 4.69) is 19.1 Å². The van der Waals surface area contributed by atoms with Crippen molar-refractivity contribution in [2.75, 3.05) is 13.1 Å². The molecule has 0 N–H and O–H groups in total. The van der Waals surface area contributed by atoms with Gasteiger partial charge in [-0.2, -0.15) is 0 Å². The Labute approximate surface area is 155 Å². The van der Waals surface area contributed by atoms with Crippen LogP contribution in [0.3, 0.4) is 0 Å². The van der Waals surface area contributed by atoms with Crippen LogP contribution in [-0.2, 0) is 4.74 Å². The van der Waals surface area contributed by atoms with Gasteiger partial charge in [0.25, 0.3) is 0 Å². The van der Waals surface area contributed by atoms with Crippen molar-refractivity contribution in [2.24, 2.45) is 0 Å². The van der Waals surface area contributed by atoms with E-state index in [-0.39, 0.29) is 6.09 Å². The van der Waals surface area contributed by atoms with Gasteiger partial charge in [0.1, 0.15) is 5.60 Å². The zero-order valence-corrected chi connectivity index (χ0v) is 16.4. The molecule has 0 fully saturated rings. The molecule has 1 aromatic carbocycles. The van der Waals surface area contributed by atoms with Crippen molar-refractivity contribution in [1.82, 2.24) is 4.90 Å². The number of hydrogen-bond donors (Lipinski definition) is 0. The van der Waals surface area contributed by atoms with Crippen LogP contribution in [0.2, 0.25) is 0 Å². The van der Waals surface area contributed by atoms with Crippen LogP contribution < -0.4 is 9.47 Å². The first-order chi connectivity index (χ1) is 12.2. The maximum Gasteiger partial charge on any atom is 0.410 e. The number of rotatable bonds is 3. The van der Waals surface area contributed by atoms with Gasteiger partial charge in [-0.15, -0.1) is 0 Å². The Kier molecular flexibility index (Phi) is 4.91. The van der Waals surface area contributed by atoms with Gasteiger partial charge in [0.05, 0.1) is 0 Å². The van der Waals surface area contributed by atoms with Gasteiger partial charge in [0.2, 0.25) is 5.79 Å². The predicted molar refractivity (Wildman–Crippen MR) is 101 cm³/mol. The van der Waals surface area contributed by atoms with Crippen LogP contribution in [0.1, 0.15) is 59.4 Å². The maximum atomic E-state index is 12.2. The summed E-state index contributed by atoms with van der Waals surface area (Å²) < 4.78 is 17.5. The van der Waals surface area contributed by atoms with Crippen LogP contribution in [-0.4, -0.2) is 35.5 Å². The van der Waals surface area contributed by atoms with E-state index in [9.17, 15) is 4.79 Å². The van der Waals surface area contributed by atoms with E-state index in [4.69, 9.17) is 14.2 Å². The largest absolute Gasteiger partial charge is 0.449 e. The van der Waals surface area contributed by atoms with Crippen LogP contribution in [0.15, 0.2) is 24.3 Å². The lowest BCUT2D eigenvalue weighted by atomic mass is 9.99. The van der Waals surface area contributed by atoms with Gasteiger partial charge in [-0.05, 0) is 56.9 Å². The molecule has 2 aliphatic rings. The van der Waals surface area contributed by atoms with E-state index < -0.39 is 11.4 Å². The zero-order chi connectivity index (χ0) is 18.9. The summed E-state index contributed by atoms with van der Waals surface area (Å²) in [6, 6.07) is 6.09. The minimum absolute atomic E-state index is 0.256. The summed E-state index contributed by atoms with van der Waals surface area (Å²) in [4.78, 5) is 13.9. The molecule has 26 heavy (non-hydrogen) atoms. The van der Waals surface area contributed by atoms with Gasteiger partial charge in [-0.3, -0.25) is 0 Å². The molecule has 5 nitrogen and oxygen atoms in total. The first-order valence-electron chi connectivity index (χ1n) is 9.38. The van der Waals surface area contributed by atoms with E-state index in [0.717, 1.165) is 36.3 Å². The third-order valence-electron chi connectivity index (χ3n) is 4.53. The fourth-order valence-corrected chi connectivity index (χ4v) is 3.34. The lowest BCUT2D eigenvalue weighted by Gasteiger charge is -2.29. The van der Waals surface area contributed by atoms with Crippen molar-refractivity contribution in [3.05, 3.63) is 29.8 Å². The fraction of sp³-hybridized carbons (Fsp3) is 0.571. The number of benzene rings is 1. The maximum absolute atomic E-state index is 12.2. The minimum atomic E-state index is -0.565. The standard InChI is InChI=1S/C21H29NO4/c1-6-11-21(5)24-17-8-7-16(14-18(17)25-21)15-9-12-22(13-10-15)19(23)26-20(2,3)4/h7-9,14H,6,10-13H2,1-5H3. The summed E-state index contributed by atoms with van der Waals surface area (Å²) in [5.41, 5.74) is 1.88. The molecular formula is C21H29NO4. The quantitative estimate of drug-likeness (QED) is 0.762. The molecule has 2 heterocycles. The van der Waals surface area contributed by atoms with Gasteiger partial charge in [-0.25, -0.2) is 4.79 Å². The summed E-state index contributed by atoms with van der Waals surface area (Å²) in [7, 11) is 0. The summed E-state index contributed by atoms with van der Waals surface area (Å²) >= 11 is 0. The van der Waals surface area contributed by atoms with Crippen molar-refractivity contribution >= 4 is 11.7 Å². The zero-order valence-electron chi connectivity index (χ0n) is 16.4. The molecule has 0 aromatic heterocycles. The molecule has 1 atom stereocenters. The summed E-state index contributed by atoms with van der Waals surface area (Å²) in [5, 5.41) is 0. The van der Waals surface area contributed by atoms with Crippen LogP contribution in [0, 0.1) is 0 Å². The lowest BCUT2D eigenvalue weighted by Crippen LogP contribution is -2.39. The van der Waals surface area contributed by atoms with Crippen LogP contribution in [0.4, 0.5) is 4.79 Å². The topological polar surface area (TPSA) is 48.0 Å². The molecule has 0 saturated carbocycles. The first kappa shape index (κ1) is 18.6. The van der Waals surface area contributed by atoms with Crippen LogP contribution in [0.5, 0.6) is 11.5 Å². The Morgan fingerprint density at radius 1 is 1.27 bits per heavy atom. The molecular weight excluding hydrogens is 330 g/mol. The number of carbonyl (C=O) groups excluding carboxylic acids is 1. The lowest BCUT2D eigenvalue weighted by molar-refractivity contribution is -0.0684. The molecule has 0 aliphatic carbocycles. The van der Waals surface area contributed by atoms with Crippen molar-refractivity contribution in [3.8, 4) is 11.5 Å². The van der Waals surface area contributed by atoms with Gasteiger partial charge < -0.3 is 19.1 Å². The highest BCUT2D eigenvalue weighted by molar-refractivity contribution is 5.73. The molecule has 1 unspecified atom stereocenters. The van der Waals surface area contributed by atoms with E-state index >= 15 is 0 Å². The molecule has 5 heteroatoms. The van der Waals surface area contributed by atoms with E-state index in [0.29, 0.717) is 13.1 Å². The van der Waals surface area contributed by atoms with Crippen molar-refractivity contribution < 1.29 is 19.0 Å². The van der Waals surface area contributed by atoms with E-state index in [1.807, 2.05) is 39.8 Å². The highest BCUT2D eigenvalue weighted by atomic mass is 16.7. The average Bonchev–Trinajstić information content (AvgIpc) is 2.88. The molecule has 3 rings (SSSR count). The molecule has 0 spiro atoms. The Morgan fingerprint density at radius 3 is 2.62 bits per heavy atom. The monoisotopic (exact) mass is 359 g/mol. The highest BCUT2D eigenvalue weighted by Gasteiger charge is 2.36. The highest BCUT2D eigenvalue weighted by Crippen LogP contribution is 2.42. The molecule has 0 radical (unpaired) electrons. The molecule has 1 aromatic rings. The summed E-state index contributed by atoms with van der Waals surface area (Å²) in [6.07, 6.45) is 4.49. The Bertz CT molecular complexity index is 719. The second-order valence-electron chi connectivity index (χ2n) is 8.16. The van der Waals surface area contributed by atoms with Crippen molar-refractivity contribution in [2.45, 2.75) is 65.3 Å². The first-order valence-corrected chi connectivity index (χ1v) is 9.38. The van der Waals surface area contributed by atoms with Crippen LogP contribution in [0.25, 0.3) is 5.57 Å². The molecule has 1 amide bonds. The van der Waals surface area contributed by atoms with Gasteiger partial charge in [-0.1, -0.05) is 19.1 Å². The third kappa shape index (κ3) is 4.14. The summed E-state index contributed by atoms with van der Waals surface area (Å²) in [5.74, 6) is 1.04. The number of amides is 1. The number of hydrogen-bond acceptors (Lipinski definition) is 4. The summed E-state index contributed by atoms with van der Waals surface area (Å²) in [6.45, 7) is 11.0. The Hall–Kier alpha value is -2.17. The van der Waals surface area contributed by atoms with Gasteiger partial charge in [0.15, 0.2) is 11.5 Å². The third-order valence-corrected chi connectivity index (χ3v) is 4.53. The van der Waals surface area contributed by atoms with Gasteiger partial charge >= 0.3 is 6.09 Å². The molecule has 0 bridgehead atoms. The number of fused-ring (bicyclic) bond motifs is 1. The second kappa shape index (κ2) is 6.86. The smallest absolute Gasteiger partial charge is 0.410 e. The Morgan fingerprint density at radius 2 is 2.00 bits per heavy atom. The minimum Gasteiger partial charge on any atom is -0.449 e. The Balaban J connectivity index is 1.68. The molecule has 0 saturated heterocycles. The predicted octanol–water partition coefficient (Wildman–Crippen LogP) is 5.00. The molecule has 2 aliphatic heterocycles. The SMILES string of the molecule is CCCC1(C)Oc2ccc(C3=CCN(C(=O)OC(C)(C)C)CC3)cc2O1. The van der Waals surface area contributed by atoms with Crippen molar-refractivity contribution in [3.63, 3.8) is 0 Å². The number of nitrogens with zero attached hydrogens (tertiary/aromatic N) is 1.